The van der Waals surface area contributed by atoms with Crippen molar-refractivity contribution in [2.24, 2.45) is 5.41 Å². The van der Waals surface area contributed by atoms with E-state index in [1.165, 1.54) is 12.8 Å². The van der Waals surface area contributed by atoms with E-state index in [0.717, 1.165) is 19.5 Å². The van der Waals surface area contributed by atoms with E-state index in [1.54, 1.807) is 0 Å². The van der Waals surface area contributed by atoms with Gasteiger partial charge >= 0.3 is 0 Å². The highest BCUT2D eigenvalue weighted by Gasteiger charge is 2.28. The summed E-state index contributed by atoms with van der Waals surface area (Å²) >= 11 is 0. The Morgan fingerprint density at radius 2 is 2.00 bits per heavy atom. The Kier molecular flexibility index (Phi) is 2.51. The van der Waals surface area contributed by atoms with Crippen LogP contribution in [0.3, 0.4) is 0 Å². The van der Waals surface area contributed by atoms with E-state index in [0.29, 0.717) is 5.41 Å². The molecule has 2 nitrogen and oxygen atoms in total. The van der Waals surface area contributed by atoms with E-state index in [4.69, 9.17) is 5.26 Å². The van der Waals surface area contributed by atoms with Gasteiger partial charge in [-0.25, -0.2) is 0 Å². The number of nitriles is 1. The molecule has 11 heavy (non-hydrogen) atoms. The monoisotopic (exact) mass is 152 g/mol. The second-order valence-corrected chi connectivity index (χ2v) is 3.95. The maximum atomic E-state index is 8.59. The Morgan fingerprint density at radius 3 is 2.45 bits per heavy atom. The van der Waals surface area contributed by atoms with Gasteiger partial charge in [-0.1, -0.05) is 6.92 Å². The molecule has 0 amide bonds. The number of piperidine rings is 1. The average molecular weight is 152 g/mol. The van der Waals surface area contributed by atoms with Crippen LogP contribution in [0.2, 0.25) is 0 Å². The van der Waals surface area contributed by atoms with Crippen molar-refractivity contribution in [3.05, 3.63) is 0 Å². The van der Waals surface area contributed by atoms with Crippen LogP contribution in [0.15, 0.2) is 0 Å². The molecule has 0 atom stereocenters. The average Bonchev–Trinajstić information content (AvgIpc) is 1.97. The quantitative estimate of drug-likeness (QED) is 0.571. The molecular formula is C9H16N2. The van der Waals surface area contributed by atoms with Gasteiger partial charge in [-0.15, -0.1) is 0 Å². The SMILES string of the molecule is CN1CCC(C)(CC#N)CC1. The summed E-state index contributed by atoms with van der Waals surface area (Å²) in [5, 5.41) is 8.59. The molecule has 0 unspecified atom stereocenters. The minimum absolute atomic E-state index is 0.307. The number of hydrogen-bond donors (Lipinski definition) is 0. The van der Waals surface area contributed by atoms with Crippen LogP contribution in [-0.2, 0) is 0 Å². The highest BCUT2D eigenvalue weighted by atomic mass is 15.1. The molecule has 1 heterocycles. The van der Waals surface area contributed by atoms with Gasteiger partial charge in [0.15, 0.2) is 0 Å². The molecule has 1 aliphatic rings. The minimum Gasteiger partial charge on any atom is -0.306 e. The minimum atomic E-state index is 0.307. The smallest absolute Gasteiger partial charge is 0.0627 e. The Labute approximate surface area is 68.8 Å². The molecule has 0 aromatic carbocycles. The standard InChI is InChI=1S/C9H16N2/c1-9(3-6-10)4-7-11(2)8-5-9/h3-5,7-8H2,1-2H3. The maximum Gasteiger partial charge on any atom is 0.0627 e. The summed E-state index contributed by atoms with van der Waals surface area (Å²) in [7, 11) is 2.14. The van der Waals surface area contributed by atoms with Gasteiger partial charge < -0.3 is 4.90 Å². The fraction of sp³-hybridized carbons (Fsp3) is 0.889. The number of likely N-dealkylation sites (tertiary alicyclic amines) is 1. The summed E-state index contributed by atoms with van der Waals surface area (Å²) in [5.41, 5.74) is 0.307. The van der Waals surface area contributed by atoms with E-state index in [9.17, 15) is 0 Å². The molecule has 0 saturated carbocycles. The normalized spacial score (nSPS) is 24.5. The van der Waals surface area contributed by atoms with Gasteiger partial charge in [-0.05, 0) is 38.4 Å². The lowest BCUT2D eigenvalue weighted by Gasteiger charge is -2.36. The molecule has 1 fully saturated rings. The zero-order valence-electron chi connectivity index (χ0n) is 7.43. The van der Waals surface area contributed by atoms with Crippen molar-refractivity contribution in [1.29, 1.82) is 5.26 Å². The number of nitrogens with zero attached hydrogens (tertiary/aromatic N) is 2. The molecule has 62 valence electrons. The molecule has 1 aliphatic heterocycles. The van der Waals surface area contributed by atoms with Crippen LogP contribution in [-0.4, -0.2) is 25.0 Å². The third-order valence-electron chi connectivity index (χ3n) is 2.70. The van der Waals surface area contributed by atoms with E-state index < -0.39 is 0 Å². The Bertz CT molecular complexity index is 161. The second kappa shape index (κ2) is 3.23. The van der Waals surface area contributed by atoms with Gasteiger partial charge in [-0.3, -0.25) is 0 Å². The topological polar surface area (TPSA) is 27.0 Å². The van der Waals surface area contributed by atoms with Crippen LogP contribution in [0, 0.1) is 16.7 Å². The van der Waals surface area contributed by atoms with Crippen molar-refractivity contribution in [3.63, 3.8) is 0 Å². The number of hydrogen-bond acceptors (Lipinski definition) is 2. The van der Waals surface area contributed by atoms with E-state index in [1.807, 2.05) is 0 Å². The fourth-order valence-electron chi connectivity index (χ4n) is 1.53. The fourth-order valence-corrected chi connectivity index (χ4v) is 1.53. The predicted octanol–water partition coefficient (Wildman–Crippen LogP) is 1.63. The second-order valence-electron chi connectivity index (χ2n) is 3.95. The Balaban J connectivity index is 2.43. The first-order valence-corrected chi connectivity index (χ1v) is 4.22. The summed E-state index contributed by atoms with van der Waals surface area (Å²) in [6.45, 7) is 4.53. The summed E-state index contributed by atoms with van der Waals surface area (Å²) in [5.74, 6) is 0. The van der Waals surface area contributed by atoms with Crippen molar-refractivity contribution in [3.8, 4) is 6.07 Å². The molecule has 0 bridgehead atoms. The van der Waals surface area contributed by atoms with Gasteiger partial charge in [-0.2, -0.15) is 5.26 Å². The molecular weight excluding hydrogens is 136 g/mol. The van der Waals surface area contributed by atoms with Gasteiger partial charge in [0, 0.05) is 6.42 Å². The van der Waals surface area contributed by atoms with Crippen molar-refractivity contribution in [1.82, 2.24) is 4.90 Å². The maximum absolute atomic E-state index is 8.59. The van der Waals surface area contributed by atoms with E-state index in [2.05, 4.69) is 24.9 Å². The summed E-state index contributed by atoms with van der Waals surface area (Å²) in [4.78, 5) is 2.33. The van der Waals surface area contributed by atoms with Crippen LogP contribution in [0.4, 0.5) is 0 Å². The van der Waals surface area contributed by atoms with Crippen LogP contribution >= 0.6 is 0 Å². The molecule has 0 spiro atoms. The molecule has 0 aliphatic carbocycles. The lowest BCUT2D eigenvalue weighted by Crippen LogP contribution is -2.35. The Morgan fingerprint density at radius 1 is 1.45 bits per heavy atom. The third-order valence-corrected chi connectivity index (χ3v) is 2.70. The zero-order chi connectivity index (χ0) is 8.32. The molecule has 0 aromatic rings. The molecule has 0 aromatic heterocycles. The zero-order valence-corrected chi connectivity index (χ0v) is 7.43. The van der Waals surface area contributed by atoms with E-state index in [-0.39, 0.29) is 0 Å². The van der Waals surface area contributed by atoms with Crippen molar-refractivity contribution >= 4 is 0 Å². The lowest BCUT2D eigenvalue weighted by atomic mass is 9.78. The highest BCUT2D eigenvalue weighted by Crippen LogP contribution is 2.33. The number of rotatable bonds is 1. The van der Waals surface area contributed by atoms with Crippen molar-refractivity contribution in [2.45, 2.75) is 26.2 Å². The molecule has 2 heteroatoms. The third kappa shape index (κ3) is 2.20. The van der Waals surface area contributed by atoms with Crippen LogP contribution in [0.1, 0.15) is 26.2 Å². The first-order chi connectivity index (χ1) is 5.16. The van der Waals surface area contributed by atoms with Crippen LogP contribution < -0.4 is 0 Å². The summed E-state index contributed by atoms with van der Waals surface area (Å²) in [6.07, 6.45) is 3.08. The van der Waals surface area contributed by atoms with Gasteiger partial charge in [0.1, 0.15) is 0 Å². The molecule has 1 saturated heterocycles. The Hall–Kier alpha value is -0.550. The van der Waals surface area contributed by atoms with Crippen LogP contribution in [0.5, 0.6) is 0 Å². The largest absolute Gasteiger partial charge is 0.306 e. The van der Waals surface area contributed by atoms with Crippen LogP contribution in [0.25, 0.3) is 0 Å². The molecule has 0 N–H and O–H groups in total. The van der Waals surface area contributed by atoms with Gasteiger partial charge in [0.2, 0.25) is 0 Å². The molecule has 1 rings (SSSR count). The summed E-state index contributed by atoms with van der Waals surface area (Å²) in [6, 6.07) is 2.27. The highest BCUT2D eigenvalue weighted by molar-refractivity contribution is 4.89. The van der Waals surface area contributed by atoms with Crippen molar-refractivity contribution < 1.29 is 0 Å². The first-order valence-electron chi connectivity index (χ1n) is 4.22. The van der Waals surface area contributed by atoms with Gasteiger partial charge in [0.05, 0.1) is 6.07 Å². The predicted molar refractivity (Wildman–Crippen MR) is 45.1 cm³/mol. The summed E-state index contributed by atoms with van der Waals surface area (Å²) < 4.78 is 0. The lowest BCUT2D eigenvalue weighted by molar-refractivity contribution is 0.143. The van der Waals surface area contributed by atoms with Gasteiger partial charge in [0.25, 0.3) is 0 Å². The first kappa shape index (κ1) is 8.55. The molecule has 0 radical (unpaired) electrons. The van der Waals surface area contributed by atoms with Crippen molar-refractivity contribution in [2.75, 3.05) is 20.1 Å². The van der Waals surface area contributed by atoms with E-state index >= 15 is 0 Å².